The maximum absolute atomic E-state index is 8.80. The maximum atomic E-state index is 8.80. The third-order valence-electron chi connectivity index (χ3n) is 4.18. The van der Waals surface area contributed by atoms with Crippen LogP contribution >= 0.6 is 0 Å². The largest absolute Gasteiger partial charge is 0.192 e. The number of benzene rings is 2. The third-order valence-corrected chi connectivity index (χ3v) is 4.18. The quantitative estimate of drug-likeness (QED) is 0.489. The average Bonchev–Trinajstić information content (AvgIpc) is 3.24. The smallest absolute Gasteiger partial charge is 0.130 e. The van der Waals surface area contributed by atoms with Crippen molar-refractivity contribution in [2.24, 2.45) is 5.92 Å². The summed E-state index contributed by atoms with van der Waals surface area (Å²) in [5.41, 5.74) is 4.32. The summed E-state index contributed by atoms with van der Waals surface area (Å²) in [6.45, 7) is 0. The highest BCUT2D eigenvalue weighted by molar-refractivity contribution is 5.71. The molecule has 0 amide bonds. The molecule has 0 aliphatic heterocycles. The Bertz CT molecular complexity index is 988. The molecule has 2 aromatic rings. The molecule has 0 atom stereocenters. The van der Waals surface area contributed by atoms with Gasteiger partial charge in [-0.1, -0.05) is 97.1 Å². The summed E-state index contributed by atoms with van der Waals surface area (Å²) >= 11 is 0. The summed E-state index contributed by atoms with van der Waals surface area (Å²) in [4.78, 5) is 0. The lowest BCUT2D eigenvalue weighted by Gasteiger charge is -1.99. The van der Waals surface area contributed by atoms with Crippen LogP contribution in [0.15, 0.2) is 84.5 Å². The van der Waals surface area contributed by atoms with E-state index >= 15 is 0 Å². The zero-order valence-electron chi connectivity index (χ0n) is 14.8. The van der Waals surface area contributed by atoms with Crippen LogP contribution in [0.2, 0.25) is 0 Å². The molecule has 0 N–H and O–H groups in total. The lowest BCUT2D eigenvalue weighted by molar-refractivity contribution is 1.10. The van der Waals surface area contributed by atoms with Crippen LogP contribution in [-0.4, -0.2) is 0 Å². The van der Waals surface area contributed by atoms with E-state index in [1.54, 1.807) is 6.08 Å². The molecule has 0 saturated heterocycles. The van der Waals surface area contributed by atoms with Gasteiger partial charge in [-0.3, -0.25) is 0 Å². The van der Waals surface area contributed by atoms with Crippen molar-refractivity contribution in [2.75, 3.05) is 0 Å². The Labute approximate surface area is 160 Å². The predicted molar refractivity (Wildman–Crippen MR) is 112 cm³/mol. The van der Waals surface area contributed by atoms with Gasteiger partial charge < -0.3 is 0 Å². The SMILES string of the molecule is N#CC(C#N)=Cc1ccc(/C=C/c2ccc(/C=C/C3C=CC=C3)cc2)cc1. The molecule has 0 bridgehead atoms. The van der Waals surface area contributed by atoms with Crippen LogP contribution in [0.5, 0.6) is 0 Å². The van der Waals surface area contributed by atoms with Gasteiger partial charge in [-0.2, -0.15) is 10.5 Å². The molecule has 0 unspecified atom stereocenters. The van der Waals surface area contributed by atoms with E-state index in [0.29, 0.717) is 5.92 Å². The average molecular weight is 346 g/mol. The van der Waals surface area contributed by atoms with E-state index in [9.17, 15) is 0 Å². The van der Waals surface area contributed by atoms with Crippen LogP contribution in [0, 0.1) is 28.6 Å². The Morgan fingerprint density at radius 1 is 0.667 bits per heavy atom. The fourth-order valence-electron chi connectivity index (χ4n) is 2.67. The molecule has 0 fully saturated rings. The molecule has 0 radical (unpaired) electrons. The molecule has 2 heteroatoms. The monoisotopic (exact) mass is 346 g/mol. The molecule has 128 valence electrons. The summed E-state index contributed by atoms with van der Waals surface area (Å²) < 4.78 is 0. The standard InChI is InChI=1S/C25H18N2/c26-18-25(19-27)17-24-15-13-23(14-16-24)12-11-22-9-7-21(8-10-22)6-5-20-3-1-2-4-20/h1-17,20H/b6-5+,12-11+. The Kier molecular flexibility index (Phi) is 5.97. The minimum absolute atomic E-state index is 0.104. The van der Waals surface area contributed by atoms with Gasteiger partial charge in [0.25, 0.3) is 0 Å². The highest BCUT2D eigenvalue weighted by Gasteiger charge is 1.97. The Hall–Kier alpha value is -3.88. The van der Waals surface area contributed by atoms with Gasteiger partial charge in [0, 0.05) is 5.92 Å². The van der Waals surface area contributed by atoms with Crippen molar-refractivity contribution < 1.29 is 0 Å². The van der Waals surface area contributed by atoms with Crippen LogP contribution < -0.4 is 0 Å². The fraction of sp³-hybridized carbons (Fsp3) is 0.0400. The van der Waals surface area contributed by atoms with Crippen LogP contribution in [0.1, 0.15) is 22.3 Å². The van der Waals surface area contributed by atoms with Gasteiger partial charge >= 0.3 is 0 Å². The fourth-order valence-corrected chi connectivity index (χ4v) is 2.67. The minimum atomic E-state index is 0.104. The topological polar surface area (TPSA) is 47.6 Å². The van der Waals surface area contributed by atoms with Crippen molar-refractivity contribution in [3.63, 3.8) is 0 Å². The van der Waals surface area contributed by atoms with Crippen LogP contribution in [-0.2, 0) is 0 Å². The Balaban J connectivity index is 1.63. The zero-order valence-corrected chi connectivity index (χ0v) is 14.8. The van der Waals surface area contributed by atoms with Gasteiger partial charge in [0.15, 0.2) is 0 Å². The number of hydrogen-bond donors (Lipinski definition) is 0. The molecule has 1 aliphatic carbocycles. The molecular weight excluding hydrogens is 328 g/mol. The Morgan fingerprint density at radius 3 is 1.59 bits per heavy atom. The molecule has 27 heavy (non-hydrogen) atoms. The van der Waals surface area contributed by atoms with Crippen molar-refractivity contribution in [3.8, 4) is 12.1 Å². The summed E-state index contributed by atoms with van der Waals surface area (Å²) in [6.07, 6.45) is 18.5. The highest BCUT2D eigenvalue weighted by Crippen LogP contribution is 2.15. The molecule has 2 aromatic carbocycles. The van der Waals surface area contributed by atoms with Crippen molar-refractivity contribution in [2.45, 2.75) is 0 Å². The van der Waals surface area contributed by atoms with Gasteiger partial charge in [-0.25, -0.2) is 0 Å². The van der Waals surface area contributed by atoms with Crippen molar-refractivity contribution in [3.05, 3.63) is 107 Å². The van der Waals surface area contributed by atoms with E-state index in [1.165, 1.54) is 5.56 Å². The molecule has 0 saturated carbocycles. The number of rotatable bonds is 5. The van der Waals surface area contributed by atoms with Crippen molar-refractivity contribution in [1.82, 2.24) is 0 Å². The van der Waals surface area contributed by atoms with Gasteiger partial charge in [0.05, 0.1) is 0 Å². The van der Waals surface area contributed by atoms with Crippen molar-refractivity contribution in [1.29, 1.82) is 10.5 Å². The minimum Gasteiger partial charge on any atom is -0.192 e. The van der Waals surface area contributed by atoms with Crippen molar-refractivity contribution >= 4 is 24.3 Å². The van der Waals surface area contributed by atoms with Crippen LogP contribution in [0.3, 0.4) is 0 Å². The van der Waals surface area contributed by atoms with Crippen LogP contribution in [0.25, 0.3) is 24.3 Å². The van der Waals surface area contributed by atoms with E-state index in [0.717, 1.165) is 16.7 Å². The van der Waals surface area contributed by atoms with E-state index in [4.69, 9.17) is 10.5 Å². The number of nitrogens with zero attached hydrogens (tertiary/aromatic N) is 2. The van der Waals surface area contributed by atoms with E-state index in [2.05, 4.69) is 66.8 Å². The van der Waals surface area contributed by atoms with E-state index in [1.807, 2.05) is 42.5 Å². The van der Waals surface area contributed by atoms with E-state index < -0.39 is 0 Å². The molecular formula is C25H18N2. The second-order valence-electron chi connectivity index (χ2n) is 6.15. The lowest BCUT2D eigenvalue weighted by atomic mass is 10.1. The highest BCUT2D eigenvalue weighted by atomic mass is 14.3. The first kappa shape index (κ1) is 17.9. The summed E-state index contributed by atoms with van der Waals surface area (Å²) in [6, 6.07) is 19.9. The molecule has 2 nitrogen and oxygen atoms in total. The molecule has 1 aliphatic rings. The zero-order chi connectivity index (χ0) is 18.9. The lowest BCUT2D eigenvalue weighted by Crippen LogP contribution is -1.81. The number of hydrogen-bond acceptors (Lipinski definition) is 2. The maximum Gasteiger partial charge on any atom is 0.130 e. The van der Waals surface area contributed by atoms with Gasteiger partial charge in [0.2, 0.25) is 0 Å². The normalized spacial score (nSPS) is 13.1. The van der Waals surface area contributed by atoms with E-state index in [-0.39, 0.29) is 5.57 Å². The molecule has 0 spiro atoms. The second kappa shape index (κ2) is 8.99. The second-order valence-corrected chi connectivity index (χ2v) is 6.15. The number of allylic oxidation sites excluding steroid dienone is 6. The predicted octanol–water partition coefficient (Wildman–Crippen LogP) is 6.04. The molecule has 0 aromatic heterocycles. The van der Waals surface area contributed by atoms with Gasteiger partial charge in [0.1, 0.15) is 17.7 Å². The summed E-state index contributed by atoms with van der Waals surface area (Å²) in [5, 5.41) is 17.6. The van der Waals surface area contributed by atoms with Gasteiger partial charge in [-0.15, -0.1) is 0 Å². The van der Waals surface area contributed by atoms with Gasteiger partial charge in [-0.05, 0) is 28.3 Å². The molecule has 0 heterocycles. The summed E-state index contributed by atoms with van der Waals surface area (Å²) in [7, 11) is 0. The first-order valence-electron chi connectivity index (χ1n) is 8.70. The number of nitriles is 2. The first-order chi connectivity index (χ1) is 13.3. The summed E-state index contributed by atoms with van der Waals surface area (Å²) in [5.74, 6) is 0.403. The Morgan fingerprint density at radius 2 is 1.11 bits per heavy atom. The van der Waals surface area contributed by atoms with Crippen LogP contribution in [0.4, 0.5) is 0 Å². The molecule has 3 rings (SSSR count). The third kappa shape index (κ3) is 5.30. The first-order valence-corrected chi connectivity index (χ1v) is 8.70.